The molecule has 0 aromatic heterocycles. The van der Waals surface area contributed by atoms with E-state index in [1.165, 1.54) is 8.61 Å². The summed E-state index contributed by atoms with van der Waals surface area (Å²) in [6.07, 6.45) is 3.16. The Morgan fingerprint density at radius 2 is 1.77 bits per heavy atom. The smallest absolute Gasteiger partial charge is 0.282 e. The molecule has 1 N–H and O–H groups in total. The number of carbonyl (C=O) groups excluding carboxylic acids is 1. The standard InChI is InChI=1S/C21H30ClN3O5S/c22-19-5-3-17(4-6-19)7-10-23-20(26)18-2-1-11-25(16-18)31(27,28)24-12-8-21(9-13-24)29-14-15-30-21/h3-6,18H,1-2,7-16H2,(H,23,26)/t18-/m0/s1. The molecule has 1 atom stereocenters. The molecule has 0 saturated carbocycles. The van der Waals surface area contributed by atoms with Crippen molar-refractivity contribution in [2.75, 3.05) is 45.9 Å². The molecule has 1 aromatic carbocycles. The van der Waals surface area contributed by atoms with E-state index in [4.69, 9.17) is 21.1 Å². The van der Waals surface area contributed by atoms with Gasteiger partial charge in [-0.15, -0.1) is 0 Å². The summed E-state index contributed by atoms with van der Waals surface area (Å²) < 4.78 is 40.7. The molecule has 3 heterocycles. The van der Waals surface area contributed by atoms with E-state index in [0.717, 1.165) is 5.56 Å². The lowest BCUT2D eigenvalue weighted by molar-refractivity contribution is -0.179. The summed E-state index contributed by atoms with van der Waals surface area (Å²) in [6, 6.07) is 7.54. The van der Waals surface area contributed by atoms with Gasteiger partial charge in [0.25, 0.3) is 10.2 Å². The number of hydrogen-bond acceptors (Lipinski definition) is 5. The molecule has 10 heteroatoms. The summed E-state index contributed by atoms with van der Waals surface area (Å²) in [5.41, 5.74) is 1.09. The first-order valence-electron chi connectivity index (χ1n) is 10.9. The van der Waals surface area contributed by atoms with E-state index in [0.29, 0.717) is 76.5 Å². The van der Waals surface area contributed by atoms with Gasteiger partial charge in [-0.2, -0.15) is 17.0 Å². The summed E-state index contributed by atoms with van der Waals surface area (Å²) in [5, 5.41) is 3.64. The number of ether oxygens (including phenoxy) is 2. The minimum absolute atomic E-state index is 0.0841. The van der Waals surface area contributed by atoms with E-state index in [-0.39, 0.29) is 18.4 Å². The number of amides is 1. The number of hydrogen-bond donors (Lipinski definition) is 1. The van der Waals surface area contributed by atoms with Crippen LogP contribution in [-0.4, -0.2) is 74.7 Å². The van der Waals surface area contributed by atoms with E-state index in [1.807, 2.05) is 24.3 Å². The molecule has 1 aromatic rings. The van der Waals surface area contributed by atoms with E-state index >= 15 is 0 Å². The van der Waals surface area contributed by atoms with Crippen LogP contribution in [-0.2, 0) is 30.9 Å². The van der Waals surface area contributed by atoms with Crippen molar-refractivity contribution in [3.05, 3.63) is 34.9 Å². The lowest BCUT2D eigenvalue weighted by atomic mass is 9.99. The molecule has 0 radical (unpaired) electrons. The second-order valence-electron chi connectivity index (χ2n) is 8.38. The Bertz CT molecular complexity index is 864. The zero-order valence-corrected chi connectivity index (χ0v) is 19.2. The Hall–Kier alpha value is -1.23. The number of nitrogens with one attached hydrogen (secondary N) is 1. The van der Waals surface area contributed by atoms with Crippen LogP contribution in [0.5, 0.6) is 0 Å². The van der Waals surface area contributed by atoms with Crippen LogP contribution >= 0.6 is 11.6 Å². The fraction of sp³-hybridized carbons (Fsp3) is 0.667. The zero-order valence-electron chi connectivity index (χ0n) is 17.6. The Morgan fingerprint density at radius 3 is 2.45 bits per heavy atom. The third-order valence-corrected chi connectivity index (χ3v) is 8.59. The molecule has 0 unspecified atom stereocenters. The molecule has 31 heavy (non-hydrogen) atoms. The Morgan fingerprint density at radius 1 is 1.10 bits per heavy atom. The van der Waals surface area contributed by atoms with Crippen LogP contribution in [0.25, 0.3) is 0 Å². The second kappa shape index (κ2) is 9.72. The molecule has 1 amide bonds. The van der Waals surface area contributed by atoms with E-state index in [9.17, 15) is 13.2 Å². The van der Waals surface area contributed by atoms with Crippen LogP contribution in [0.1, 0.15) is 31.2 Å². The summed E-state index contributed by atoms with van der Waals surface area (Å²) >= 11 is 5.90. The molecule has 3 fully saturated rings. The van der Waals surface area contributed by atoms with Crippen molar-refractivity contribution >= 4 is 27.7 Å². The molecular formula is C21H30ClN3O5S. The van der Waals surface area contributed by atoms with Gasteiger partial charge in [-0.05, 0) is 37.0 Å². The highest BCUT2D eigenvalue weighted by atomic mass is 35.5. The van der Waals surface area contributed by atoms with Crippen LogP contribution in [0.4, 0.5) is 0 Å². The molecule has 0 aliphatic carbocycles. The van der Waals surface area contributed by atoms with Gasteiger partial charge in [0.15, 0.2) is 5.79 Å². The van der Waals surface area contributed by atoms with Crippen molar-refractivity contribution in [2.45, 2.75) is 37.9 Å². The maximum atomic E-state index is 13.2. The number of carbonyl (C=O) groups is 1. The first-order chi connectivity index (χ1) is 14.9. The lowest BCUT2D eigenvalue weighted by Crippen LogP contribution is -2.54. The number of piperidine rings is 2. The Balaban J connectivity index is 1.28. The average molecular weight is 472 g/mol. The third-order valence-electron chi connectivity index (χ3n) is 6.33. The molecule has 3 saturated heterocycles. The monoisotopic (exact) mass is 471 g/mol. The lowest BCUT2D eigenvalue weighted by Gasteiger charge is -2.40. The highest BCUT2D eigenvalue weighted by molar-refractivity contribution is 7.86. The maximum absolute atomic E-state index is 13.2. The maximum Gasteiger partial charge on any atom is 0.282 e. The van der Waals surface area contributed by atoms with Gasteiger partial charge in [0.05, 0.1) is 19.1 Å². The molecule has 172 valence electrons. The predicted octanol–water partition coefficient (Wildman–Crippen LogP) is 1.79. The van der Waals surface area contributed by atoms with Gasteiger partial charge in [-0.3, -0.25) is 4.79 Å². The second-order valence-corrected chi connectivity index (χ2v) is 10.7. The van der Waals surface area contributed by atoms with E-state index < -0.39 is 16.0 Å². The number of rotatable bonds is 6. The van der Waals surface area contributed by atoms with Gasteiger partial charge < -0.3 is 14.8 Å². The molecule has 4 rings (SSSR count). The molecule has 1 spiro atoms. The van der Waals surface area contributed by atoms with Crippen LogP contribution < -0.4 is 5.32 Å². The van der Waals surface area contributed by atoms with Crippen LogP contribution in [0.3, 0.4) is 0 Å². The summed E-state index contributed by atoms with van der Waals surface area (Å²) in [6.45, 7) is 3.06. The van der Waals surface area contributed by atoms with Crippen LogP contribution in [0.15, 0.2) is 24.3 Å². The average Bonchev–Trinajstić information content (AvgIpc) is 3.23. The SMILES string of the molecule is O=C(NCCc1ccc(Cl)cc1)[C@H]1CCCN(S(=O)(=O)N2CCC3(CC2)OCCO3)C1. The van der Waals surface area contributed by atoms with Gasteiger partial charge in [0, 0.05) is 50.6 Å². The summed E-state index contributed by atoms with van der Waals surface area (Å²) in [5.74, 6) is -1.02. The fourth-order valence-electron chi connectivity index (χ4n) is 4.50. The van der Waals surface area contributed by atoms with Gasteiger partial charge in [0.1, 0.15) is 0 Å². The quantitative estimate of drug-likeness (QED) is 0.683. The first kappa shape index (κ1) is 22.9. The predicted molar refractivity (Wildman–Crippen MR) is 117 cm³/mol. The van der Waals surface area contributed by atoms with Crippen molar-refractivity contribution in [1.82, 2.24) is 13.9 Å². The molecule has 3 aliphatic heterocycles. The Kier molecular flexibility index (Phi) is 7.20. The van der Waals surface area contributed by atoms with Crippen molar-refractivity contribution in [1.29, 1.82) is 0 Å². The molecule has 3 aliphatic rings. The van der Waals surface area contributed by atoms with Gasteiger partial charge >= 0.3 is 0 Å². The minimum atomic E-state index is -3.60. The first-order valence-corrected chi connectivity index (χ1v) is 12.7. The van der Waals surface area contributed by atoms with Gasteiger partial charge in [-0.25, -0.2) is 0 Å². The normalized spacial score (nSPS) is 25.0. The number of benzene rings is 1. The van der Waals surface area contributed by atoms with Crippen molar-refractivity contribution in [3.63, 3.8) is 0 Å². The van der Waals surface area contributed by atoms with Gasteiger partial charge in [0.2, 0.25) is 5.91 Å². The zero-order chi connectivity index (χ0) is 21.9. The van der Waals surface area contributed by atoms with Crippen molar-refractivity contribution in [3.8, 4) is 0 Å². The summed E-state index contributed by atoms with van der Waals surface area (Å²) in [4.78, 5) is 12.7. The highest BCUT2D eigenvalue weighted by Crippen LogP contribution is 2.33. The highest BCUT2D eigenvalue weighted by Gasteiger charge is 2.44. The van der Waals surface area contributed by atoms with Crippen LogP contribution in [0, 0.1) is 5.92 Å². The molecular weight excluding hydrogens is 442 g/mol. The number of halogens is 1. The largest absolute Gasteiger partial charge is 0.355 e. The van der Waals surface area contributed by atoms with E-state index in [1.54, 1.807) is 0 Å². The van der Waals surface area contributed by atoms with Crippen molar-refractivity contribution < 1.29 is 22.7 Å². The minimum Gasteiger partial charge on any atom is -0.355 e. The summed E-state index contributed by atoms with van der Waals surface area (Å²) in [7, 11) is -3.60. The fourth-order valence-corrected chi connectivity index (χ4v) is 6.32. The third kappa shape index (κ3) is 5.40. The van der Waals surface area contributed by atoms with Crippen LogP contribution in [0.2, 0.25) is 5.02 Å². The molecule has 0 bridgehead atoms. The Labute approximate surface area is 189 Å². The molecule has 8 nitrogen and oxygen atoms in total. The number of nitrogens with zero attached hydrogens (tertiary/aromatic N) is 2. The van der Waals surface area contributed by atoms with E-state index in [2.05, 4.69) is 5.32 Å². The van der Waals surface area contributed by atoms with Crippen molar-refractivity contribution in [2.24, 2.45) is 5.92 Å². The van der Waals surface area contributed by atoms with Gasteiger partial charge in [-0.1, -0.05) is 23.7 Å². The topological polar surface area (TPSA) is 88.2 Å².